The third-order valence-corrected chi connectivity index (χ3v) is 2.51. The molecule has 0 bridgehead atoms. The second-order valence-corrected chi connectivity index (χ2v) is 4.03. The zero-order valence-electron chi connectivity index (χ0n) is 9.65. The van der Waals surface area contributed by atoms with E-state index in [-0.39, 0.29) is 6.42 Å². The van der Waals surface area contributed by atoms with E-state index in [9.17, 15) is 9.90 Å². The monoisotopic (exact) mass is 224 g/mol. The van der Waals surface area contributed by atoms with Crippen molar-refractivity contribution in [3.05, 3.63) is 29.3 Å². The van der Waals surface area contributed by atoms with Crippen LogP contribution in [0.2, 0.25) is 0 Å². The van der Waals surface area contributed by atoms with Crippen molar-refractivity contribution in [2.75, 3.05) is 7.11 Å². The van der Waals surface area contributed by atoms with Crippen LogP contribution in [0.5, 0.6) is 5.75 Å². The van der Waals surface area contributed by atoms with Crippen molar-refractivity contribution in [1.29, 1.82) is 0 Å². The Kier molecular flexibility index (Phi) is 3.55. The van der Waals surface area contributed by atoms with Crippen LogP contribution in [0.1, 0.15) is 24.5 Å². The highest BCUT2D eigenvalue weighted by atomic mass is 16.5. The summed E-state index contributed by atoms with van der Waals surface area (Å²) in [6.07, 6.45) is -0.321. The van der Waals surface area contributed by atoms with Crippen LogP contribution in [0.25, 0.3) is 0 Å². The molecular weight excluding hydrogens is 208 g/mol. The SMILES string of the molecule is COc1ccc(C(C)(O)CC(=O)O)cc1C. The van der Waals surface area contributed by atoms with Gasteiger partial charge in [0.1, 0.15) is 5.75 Å². The molecule has 0 saturated heterocycles. The lowest BCUT2D eigenvalue weighted by atomic mass is 9.91. The fourth-order valence-corrected chi connectivity index (χ4v) is 1.61. The summed E-state index contributed by atoms with van der Waals surface area (Å²) in [5, 5.41) is 18.7. The van der Waals surface area contributed by atoms with E-state index in [2.05, 4.69) is 0 Å². The Labute approximate surface area is 94.5 Å². The molecule has 1 atom stereocenters. The summed E-state index contributed by atoms with van der Waals surface area (Å²) >= 11 is 0. The van der Waals surface area contributed by atoms with Gasteiger partial charge in [-0.3, -0.25) is 4.79 Å². The molecule has 0 fully saturated rings. The first-order valence-electron chi connectivity index (χ1n) is 4.96. The molecular formula is C12H16O4. The normalized spacial score (nSPS) is 14.2. The van der Waals surface area contributed by atoms with Gasteiger partial charge in [0.15, 0.2) is 0 Å². The Morgan fingerprint density at radius 2 is 2.12 bits per heavy atom. The maximum Gasteiger partial charge on any atom is 0.306 e. The fraction of sp³-hybridized carbons (Fsp3) is 0.417. The number of methoxy groups -OCH3 is 1. The van der Waals surface area contributed by atoms with E-state index in [0.717, 1.165) is 11.3 Å². The second-order valence-electron chi connectivity index (χ2n) is 4.03. The van der Waals surface area contributed by atoms with Gasteiger partial charge >= 0.3 is 5.97 Å². The van der Waals surface area contributed by atoms with E-state index < -0.39 is 11.6 Å². The van der Waals surface area contributed by atoms with Crippen LogP contribution in [-0.4, -0.2) is 23.3 Å². The number of benzene rings is 1. The largest absolute Gasteiger partial charge is 0.496 e. The lowest BCUT2D eigenvalue weighted by Crippen LogP contribution is -2.25. The zero-order chi connectivity index (χ0) is 12.3. The number of ether oxygens (including phenoxy) is 1. The molecule has 0 amide bonds. The number of hydrogen-bond acceptors (Lipinski definition) is 3. The van der Waals surface area contributed by atoms with Crippen molar-refractivity contribution in [2.24, 2.45) is 0 Å². The third-order valence-electron chi connectivity index (χ3n) is 2.51. The van der Waals surface area contributed by atoms with Crippen LogP contribution < -0.4 is 4.74 Å². The number of aliphatic hydroxyl groups is 1. The summed E-state index contributed by atoms with van der Waals surface area (Å²) < 4.78 is 5.10. The van der Waals surface area contributed by atoms with Gasteiger partial charge in [0.05, 0.1) is 19.1 Å². The summed E-state index contributed by atoms with van der Waals surface area (Å²) in [6, 6.07) is 5.14. The number of aryl methyl sites for hydroxylation is 1. The molecule has 0 aliphatic heterocycles. The average molecular weight is 224 g/mol. The van der Waals surface area contributed by atoms with E-state index in [1.807, 2.05) is 6.92 Å². The third kappa shape index (κ3) is 2.73. The highest BCUT2D eigenvalue weighted by Gasteiger charge is 2.26. The van der Waals surface area contributed by atoms with Gasteiger partial charge in [0, 0.05) is 0 Å². The van der Waals surface area contributed by atoms with Gasteiger partial charge < -0.3 is 14.9 Å². The highest BCUT2D eigenvalue weighted by molar-refractivity contribution is 5.68. The van der Waals surface area contributed by atoms with Crippen molar-refractivity contribution < 1.29 is 19.7 Å². The van der Waals surface area contributed by atoms with Crippen molar-refractivity contribution >= 4 is 5.97 Å². The van der Waals surface area contributed by atoms with Crippen molar-refractivity contribution in [3.8, 4) is 5.75 Å². The van der Waals surface area contributed by atoms with Gasteiger partial charge in [-0.25, -0.2) is 0 Å². The smallest absolute Gasteiger partial charge is 0.306 e. The molecule has 0 heterocycles. The number of carboxylic acids is 1. The van der Waals surface area contributed by atoms with Crippen LogP contribution in [-0.2, 0) is 10.4 Å². The van der Waals surface area contributed by atoms with E-state index in [1.165, 1.54) is 6.92 Å². The number of carboxylic acid groups (broad SMARTS) is 1. The fourth-order valence-electron chi connectivity index (χ4n) is 1.61. The summed E-state index contributed by atoms with van der Waals surface area (Å²) in [5.74, 6) is -0.312. The summed E-state index contributed by atoms with van der Waals surface area (Å²) in [4.78, 5) is 10.6. The molecule has 0 aromatic heterocycles. The molecule has 1 aromatic carbocycles. The van der Waals surface area contributed by atoms with Gasteiger partial charge in [-0.1, -0.05) is 6.07 Å². The van der Waals surface area contributed by atoms with Crippen molar-refractivity contribution in [1.82, 2.24) is 0 Å². The first-order valence-corrected chi connectivity index (χ1v) is 4.96. The van der Waals surface area contributed by atoms with E-state index >= 15 is 0 Å². The maximum absolute atomic E-state index is 10.6. The average Bonchev–Trinajstić information content (AvgIpc) is 2.15. The molecule has 1 unspecified atom stereocenters. The molecule has 0 spiro atoms. The van der Waals surface area contributed by atoms with Gasteiger partial charge in [-0.05, 0) is 37.1 Å². The zero-order valence-corrected chi connectivity index (χ0v) is 9.65. The molecule has 1 aromatic rings. The number of rotatable bonds is 4. The van der Waals surface area contributed by atoms with E-state index in [0.29, 0.717) is 5.56 Å². The predicted molar refractivity (Wildman–Crippen MR) is 59.6 cm³/mol. The summed E-state index contributed by atoms with van der Waals surface area (Å²) in [5.41, 5.74) is 0.0851. The summed E-state index contributed by atoms with van der Waals surface area (Å²) in [6.45, 7) is 3.33. The molecule has 88 valence electrons. The summed E-state index contributed by atoms with van der Waals surface area (Å²) in [7, 11) is 1.57. The van der Waals surface area contributed by atoms with Crippen molar-refractivity contribution in [3.63, 3.8) is 0 Å². The van der Waals surface area contributed by atoms with E-state index in [1.54, 1.807) is 25.3 Å². The first-order chi connectivity index (χ1) is 7.36. The minimum Gasteiger partial charge on any atom is -0.496 e. The number of carbonyl (C=O) groups is 1. The lowest BCUT2D eigenvalue weighted by molar-refractivity contribution is -0.142. The standard InChI is InChI=1S/C12H16O4/c1-8-6-9(4-5-10(8)16-3)12(2,15)7-11(13)14/h4-6,15H,7H2,1-3H3,(H,13,14). The predicted octanol–water partition coefficient (Wildman–Crippen LogP) is 1.69. The Balaban J connectivity index is 3.04. The molecule has 0 radical (unpaired) electrons. The van der Waals surface area contributed by atoms with Crippen molar-refractivity contribution in [2.45, 2.75) is 25.9 Å². The molecule has 0 aliphatic carbocycles. The molecule has 2 N–H and O–H groups in total. The molecule has 16 heavy (non-hydrogen) atoms. The number of aliphatic carboxylic acids is 1. The lowest BCUT2D eigenvalue weighted by Gasteiger charge is -2.22. The van der Waals surface area contributed by atoms with Gasteiger partial charge in [-0.2, -0.15) is 0 Å². The molecule has 4 heteroatoms. The number of hydrogen-bond donors (Lipinski definition) is 2. The molecule has 1 rings (SSSR count). The van der Waals surface area contributed by atoms with Gasteiger partial charge in [-0.15, -0.1) is 0 Å². The molecule has 0 aliphatic rings. The molecule has 0 saturated carbocycles. The van der Waals surface area contributed by atoms with E-state index in [4.69, 9.17) is 9.84 Å². The maximum atomic E-state index is 10.6. The highest BCUT2D eigenvalue weighted by Crippen LogP contribution is 2.28. The van der Waals surface area contributed by atoms with Crippen LogP contribution in [0, 0.1) is 6.92 Å². The van der Waals surface area contributed by atoms with Crippen LogP contribution in [0.4, 0.5) is 0 Å². The molecule has 4 nitrogen and oxygen atoms in total. The quantitative estimate of drug-likeness (QED) is 0.816. The first kappa shape index (κ1) is 12.5. The van der Waals surface area contributed by atoms with Crippen LogP contribution in [0.3, 0.4) is 0 Å². The second kappa shape index (κ2) is 4.53. The van der Waals surface area contributed by atoms with Gasteiger partial charge in [0.2, 0.25) is 0 Å². The minimum absolute atomic E-state index is 0.321. The Hall–Kier alpha value is -1.55. The van der Waals surface area contributed by atoms with Gasteiger partial charge in [0.25, 0.3) is 0 Å². The van der Waals surface area contributed by atoms with Crippen LogP contribution in [0.15, 0.2) is 18.2 Å². The Morgan fingerprint density at radius 1 is 1.50 bits per heavy atom. The minimum atomic E-state index is -1.36. The Morgan fingerprint density at radius 3 is 2.56 bits per heavy atom. The topological polar surface area (TPSA) is 66.8 Å². The van der Waals surface area contributed by atoms with Crippen LogP contribution >= 0.6 is 0 Å². The Bertz CT molecular complexity index is 396.